The molecule has 0 bridgehead atoms. The minimum atomic E-state index is -3.39. The molecule has 642 valence electrons. The maximum Gasteiger partial charge on any atom is 0.276 e. The van der Waals surface area contributed by atoms with Gasteiger partial charge < -0.3 is 59.8 Å². The molecule has 125 heavy (non-hydrogen) atoms. The predicted octanol–water partition coefficient (Wildman–Crippen LogP) is 15.7. The van der Waals surface area contributed by atoms with E-state index in [2.05, 4.69) is 153 Å². The lowest BCUT2D eigenvalue weighted by Crippen LogP contribution is -2.36. The Bertz CT molecular complexity index is 6000. The van der Waals surface area contributed by atoms with Gasteiger partial charge in [0.05, 0.1) is 74.9 Å². The van der Waals surface area contributed by atoms with E-state index in [1.807, 2.05) is 129 Å². The summed E-state index contributed by atoms with van der Waals surface area (Å²) in [5.74, 6) is 2.68. The molecule has 0 atom stereocenters. The Morgan fingerprint density at radius 1 is 0.368 bits per heavy atom. The number of rotatable bonds is 18. The molecule has 0 saturated carbocycles. The Morgan fingerprint density at radius 2 is 0.688 bits per heavy atom. The minimum absolute atomic E-state index is 0.113. The molecule has 4 aliphatic rings. The van der Waals surface area contributed by atoms with Crippen LogP contribution >= 0.6 is 0 Å². The summed E-state index contributed by atoms with van der Waals surface area (Å²) in [6.07, 6.45) is 13.2. The Morgan fingerprint density at radius 3 is 1.01 bits per heavy atom. The monoisotopic (exact) mass is 1700 g/mol. The number of aromatic nitrogens is 8. The van der Waals surface area contributed by atoms with E-state index in [0.29, 0.717) is 60.3 Å². The maximum atomic E-state index is 12.9. The predicted molar refractivity (Wildman–Crippen MR) is 489 cm³/mol. The lowest BCUT2D eigenvalue weighted by Gasteiger charge is -2.28. The molecule has 4 aliphatic heterocycles. The number of hydrogen-bond acceptors (Lipinski definition) is 23. The van der Waals surface area contributed by atoms with Gasteiger partial charge >= 0.3 is 0 Å². The molecular formula is C97H103N17O10S. The molecule has 0 aliphatic carbocycles. The lowest BCUT2D eigenvalue weighted by molar-refractivity contribution is 0.101. The fourth-order valence-electron chi connectivity index (χ4n) is 14.3. The topological polar surface area (TPSA) is 327 Å². The summed E-state index contributed by atoms with van der Waals surface area (Å²) in [4.78, 5) is 86.7. The van der Waals surface area contributed by atoms with Crippen molar-refractivity contribution in [2.45, 2.75) is 78.0 Å². The highest BCUT2D eigenvalue weighted by atomic mass is 32.2. The van der Waals surface area contributed by atoms with Crippen LogP contribution in [0.5, 0.6) is 0 Å². The molecular weight excluding hydrogens is 1600 g/mol. The number of nitrogens with zero attached hydrogens (tertiary/aromatic N) is 13. The van der Waals surface area contributed by atoms with Crippen molar-refractivity contribution in [3.05, 3.63) is 281 Å². The van der Waals surface area contributed by atoms with Crippen LogP contribution in [-0.4, -0.2) is 184 Å². The lowest BCUT2D eigenvalue weighted by atomic mass is 9.90. The summed E-state index contributed by atoms with van der Waals surface area (Å²) >= 11 is 0. The first-order valence-corrected chi connectivity index (χ1v) is 43.4. The van der Waals surface area contributed by atoms with Crippen LogP contribution < -0.4 is 40.9 Å². The number of pyridine rings is 6. The van der Waals surface area contributed by atoms with Gasteiger partial charge in [0.25, 0.3) is 23.6 Å². The van der Waals surface area contributed by atoms with Gasteiger partial charge in [0.1, 0.15) is 23.3 Å². The quantitative estimate of drug-likeness (QED) is 0.0620. The normalized spacial score (nSPS) is 14.1. The van der Waals surface area contributed by atoms with Crippen molar-refractivity contribution in [2.24, 2.45) is 0 Å². The fourth-order valence-corrected chi connectivity index (χ4v) is 15.0. The van der Waals surface area contributed by atoms with E-state index in [1.54, 1.807) is 74.9 Å². The van der Waals surface area contributed by atoms with Crippen LogP contribution in [0, 0.1) is 39.0 Å². The molecule has 12 aromatic rings. The van der Waals surface area contributed by atoms with Crippen molar-refractivity contribution >= 4 is 79.5 Å². The van der Waals surface area contributed by atoms with Gasteiger partial charge in [-0.15, -0.1) is 5.10 Å². The maximum absolute atomic E-state index is 12.9. The molecule has 5 aromatic carbocycles. The minimum Gasteiger partial charge on any atom is -0.378 e. The van der Waals surface area contributed by atoms with Gasteiger partial charge in [-0.05, 0) is 260 Å². The Hall–Kier alpha value is -13.6. The number of ether oxygens (including phenoxy) is 4. The van der Waals surface area contributed by atoms with Crippen LogP contribution in [0.15, 0.2) is 230 Å². The van der Waals surface area contributed by atoms with Crippen molar-refractivity contribution in [2.75, 3.05) is 152 Å². The Labute approximate surface area is 729 Å². The largest absolute Gasteiger partial charge is 0.378 e. The highest BCUT2D eigenvalue weighted by molar-refractivity contribution is 7.90. The Kier molecular flexibility index (Phi) is 29.3. The van der Waals surface area contributed by atoms with E-state index in [1.165, 1.54) is 18.3 Å². The van der Waals surface area contributed by atoms with Gasteiger partial charge in [0.2, 0.25) is 0 Å². The summed E-state index contributed by atoms with van der Waals surface area (Å²) in [6, 6.07) is 58.2. The van der Waals surface area contributed by atoms with Crippen LogP contribution in [0.25, 0.3) is 44.5 Å². The third kappa shape index (κ3) is 23.8. The molecule has 28 heteroatoms. The number of amides is 4. The Balaban J connectivity index is 0.000000143. The first kappa shape index (κ1) is 89.2. The summed E-state index contributed by atoms with van der Waals surface area (Å²) in [5.41, 5.74) is 17.8. The second kappa shape index (κ2) is 41.1. The number of nitriles is 1. The van der Waals surface area contributed by atoms with Crippen molar-refractivity contribution in [1.29, 1.82) is 5.26 Å². The number of hydrogen-bond donors (Lipinski definition) is 4. The van der Waals surface area contributed by atoms with E-state index >= 15 is 0 Å². The average molecular weight is 1700 g/mol. The van der Waals surface area contributed by atoms with E-state index in [9.17, 15) is 32.9 Å². The fraction of sp³-hybridized carbons (Fsp3) is 0.289. The molecule has 0 unspecified atom stereocenters. The summed E-state index contributed by atoms with van der Waals surface area (Å²) in [6.45, 7) is 30.3. The molecule has 0 radical (unpaired) electrons. The van der Waals surface area contributed by atoms with E-state index in [0.717, 1.165) is 186 Å². The highest BCUT2D eigenvalue weighted by Gasteiger charge is 2.26. The van der Waals surface area contributed by atoms with Gasteiger partial charge in [-0.3, -0.25) is 29.1 Å². The SMILES string of the molecule is Cc1ccc(NC(=O)c2cccc(S(C)(=O)=O)c2)cc1-c1ccnc(N2CCOCC2)c1.Cc1ccc(NC(=O)c2cccnn2)cc1-c1ccnc(N2CCOCC2)c1.Cc1ccc(NC(=O)c2ccnc(C(C)(C)C#N)c2)cc1-c1ccnc(N2CCOCC2)c1.Cc1ccc(NC(=O)c2ccnc(C(C)(C)C)c2)cc1-c1ccnc(N2CCOCC2)c1. The number of benzene rings is 5. The van der Waals surface area contributed by atoms with Crippen LogP contribution in [0.1, 0.15) is 110 Å². The zero-order chi connectivity index (χ0) is 88.2. The van der Waals surface area contributed by atoms with Gasteiger partial charge in [-0.2, -0.15) is 10.4 Å². The van der Waals surface area contributed by atoms with Gasteiger partial charge in [0, 0.05) is 153 Å². The third-order valence-corrected chi connectivity index (χ3v) is 22.7. The van der Waals surface area contributed by atoms with E-state index in [-0.39, 0.29) is 45.2 Å². The van der Waals surface area contributed by atoms with Crippen LogP contribution in [-0.2, 0) is 39.6 Å². The average Bonchev–Trinajstić information content (AvgIpc) is 0.819. The second-order valence-corrected chi connectivity index (χ2v) is 34.2. The van der Waals surface area contributed by atoms with E-state index in [4.69, 9.17) is 18.9 Å². The van der Waals surface area contributed by atoms with Crippen molar-refractivity contribution in [1.82, 2.24) is 40.1 Å². The van der Waals surface area contributed by atoms with Gasteiger partial charge in [0.15, 0.2) is 15.5 Å². The number of aryl methyl sites for hydroxylation is 4. The highest BCUT2D eigenvalue weighted by Crippen LogP contribution is 2.36. The van der Waals surface area contributed by atoms with E-state index < -0.39 is 15.3 Å². The zero-order valence-corrected chi connectivity index (χ0v) is 72.8. The van der Waals surface area contributed by atoms with Crippen molar-refractivity contribution in [3.63, 3.8) is 0 Å². The summed E-state index contributed by atoms with van der Waals surface area (Å²) in [5, 5.41) is 28.8. The second-order valence-electron chi connectivity index (χ2n) is 32.2. The number of carbonyl (C=O) groups is 4. The van der Waals surface area contributed by atoms with Gasteiger partial charge in [-0.1, -0.05) is 51.1 Å². The van der Waals surface area contributed by atoms with Crippen molar-refractivity contribution < 1.29 is 46.5 Å². The summed E-state index contributed by atoms with van der Waals surface area (Å²) < 4.78 is 45.4. The third-order valence-electron chi connectivity index (χ3n) is 21.6. The van der Waals surface area contributed by atoms with Crippen molar-refractivity contribution in [3.8, 4) is 50.6 Å². The van der Waals surface area contributed by atoms with Gasteiger partial charge in [-0.25, -0.2) is 28.4 Å². The molecule has 0 spiro atoms. The zero-order valence-electron chi connectivity index (χ0n) is 72.0. The molecule has 4 N–H and O–H groups in total. The molecule has 4 amide bonds. The number of sulfone groups is 1. The standard InChI is InChI=1S/C26H27N5O2.C26H30N4O2.C24H25N3O4S.C21H21N5O2/c1-18-4-5-21(30-25(32)20-7-8-28-23(14-20)26(2,3)17-27)16-22(18)19-6-9-29-24(15-19)31-10-12-33-13-11-31;1-18-5-6-21(29-25(31)20-8-9-27-23(15-20)26(2,3)4)17-22(18)19-7-10-28-24(16-19)30-11-13-32-14-12-30;1-17-6-7-20(26-24(28)19-4-3-5-21(14-19)32(2,29)30)16-22(17)18-8-9-25-23(15-18)27-10-12-31-13-11-27;1-15-4-5-17(24-21(27)19-3-2-7-23-25-19)14-18(15)16-6-8-22-20(13-16)26-9-11-28-12-10-26/h4-9,14-16H,10-13H2,1-3H3,(H,30,32);5-10,15-17H,11-14H2,1-4H3,(H,29,31);3-9,14-16H,10-13H2,1-2H3,(H,26,28);2-8,13-14H,9-12H2,1H3,(H,24,27). The number of carbonyl (C=O) groups excluding carboxylic acids is 4. The first-order valence-electron chi connectivity index (χ1n) is 41.5. The van der Waals surface area contributed by atoms with Crippen LogP contribution in [0.4, 0.5) is 46.0 Å². The molecule has 16 rings (SSSR count). The number of morpholine rings is 4. The molecule has 7 aromatic heterocycles. The molecule has 4 saturated heterocycles. The van der Waals surface area contributed by atoms with Crippen LogP contribution in [0.3, 0.4) is 0 Å². The molecule has 4 fully saturated rings. The van der Waals surface area contributed by atoms with Crippen LogP contribution in [0.2, 0.25) is 0 Å². The molecule has 11 heterocycles. The number of nitrogens with one attached hydrogen (secondary N) is 4. The number of anilines is 8. The summed E-state index contributed by atoms with van der Waals surface area (Å²) in [7, 11) is -3.39. The molecule has 27 nitrogen and oxygen atoms in total. The first-order chi connectivity index (χ1) is 60.2. The smallest absolute Gasteiger partial charge is 0.276 e.